The summed E-state index contributed by atoms with van der Waals surface area (Å²) in [5, 5.41) is 22.9. The predicted molar refractivity (Wildman–Crippen MR) is 57.1 cm³/mol. The monoisotopic (exact) mass is 269 g/mol. The molecule has 0 aliphatic rings. The van der Waals surface area contributed by atoms with Gasteiger partial charge in [-0.15, -0.1) is 0 Å². The summed E-state index contributed by atoms with van der Waals surface area (Å²) < 4.78 is 27.4. The summed E-state index contributed by atoms with van der Waals surface area (Å²) in [4.78, 5) is 20.5. The molecule has 0 saturated carbocycles. The van der Waals surface area contributed by atoms with Gasteiger partial charge in [-0.05, 0) is 6.07 Å². The maximum Gasteiger partial charge on any atom is 0.338 e. The van der Waals surface area contributed by atoms with Crippen LogP contribution in [0.25, 0.3) is 5.69 Å². The third kappa shape index (κ3) is 2.12. The third-order valence-corrected chi connectivity index (χ3v) is 2.30. The Balaban J connectivity index is 2.68. The SMILES string of the molecule is O=C(O)c1cnn(-c2c([N+](=O)[O-])ccc(F)c2F)c1. The Morgan fingerprint density at radius 2 is 2.11 bits per heavy atom. The largest absolute Gasteiger partial charge is 0.478 e. The average Bonchev–Trinajstić information content (AvgIpc) is 2.81. The Morgan fingerprint density at radius 1 is 1.42 bits per heavy atom. The number of hydrogen-bond donors (Lipinski definition) is 1. The minimum absolute atomic E-state index is 0.307. The van der Waals surface area contributed by atoms with Crippen molar-refractivity contribution in [3.63, 3.8) is 0 Å². The fourth-order valence-corrected chi connectivity index (χ4v) is 1.45. The number of carboxylic acid groups (broad SMARTS) is 1. The van der Waals surface area contributed by atoms with Crippen molar-refractivity contribution in [1.82, 2.24) is 9.78 Å². The van der Waals surface area contributed by atoms with Gasteiger partial charge in [-0.3, -0.25) is 10.1 Å². The number of nitro benzene ring substituents is 1. The Bertz CT molecular complexity index is 683. The van der Waals surface area contributed by atoms with Crippen molar-refractivity contribution in [2.24, 2.45) is 0 Å². The maximum absolute atomic E-state index is 13.6. The number of hydrogen-bond acceptors (Lipinski definition) is 4. The molecule has 2 rings (SSSR count). The molecule has 1 heterocycles. The lowest BCUT2D eigenvalue weighted by molar-refractivity contribution is -0.384. The summed E-state index contributed by atoms with van der Waals surface area (Å²) >= 11 is 0. The molecule has 0 aliphatic heterocycles. The standard InChI is InChI=1S/C10H5F2N3O4/c11-6-1-2-7(15(18)19)9(8(6)12)14-4-5(3-13-14)10(16)17/h1-4H,(H,16,17). The van der Waals surface area contributed by atoms with Crippen LogP contribution < -0.4 is 0 Å². The average molecular weight is 269 g/mol. The van der Waals surface area contributed by atoms with Gasteiger partial charge in [-0.2, -0.15) is 5.10 Å². The molecular formula is C10H5F2N3O4. The lowest BCUT2D eigenvalue weighted by Gasteiger charge is -2.04. The van der Waals surface area contributed by atoms with Crippen LogP contribution in [0.2, 0.25) is 0 Å². The number of benzene rings is 1. The van der Waals surface area contributed by atoms with Crippen LogP contribution in [0.5, 0.6) is 0 Å². The van der Waals surface area contributed by atoms with Crippen molar-refractivity contribution < 1.29 is 23.6 Å². The fraction of sp³-hybridized carbons (Fsp3) is 0. The van der Waals surface area contributed by atoms with Crippen LogP contribution in [0, 0.1) is 21.7 Å². The van der Waals surface area contributed by atoms with Gasteiger partial charge in [0.1, 0.15) is 0 Å². The minimum Gasteiger partial charge on any atom is -0.478 e. The molecule has 2 aromatic rings. The Labute approximate surface area is 103 Å². The topological polar surface area (TPSA) is 98.3 Å². The van der Waals surface area contributed by atoms with Crippen LogP contribution in [0.3, 0.4) is 0 Å². The first kappa shape index (κ1) is 12.6. The number of carboxylic acids is 1. The quantitative estimate of drug-likeness (QED) is 0.676. The van der Waals surface area contributed by atoms with Crippen LogP contribution in [0.4, 0.5) is 14.5 Å². The van der Waals surface area contributed by atoms with E-state index in [2.05, 4.69) is 5.10 Å². The van der Waals surface area contributed by atoms with Crippen molar-refractivity contribution >= 4 is 11.7 Å². The Hall–Kier alpha value is -2.84. The van der Waals surface area contributed by atoms with E-state index in [-0.39, 0.29) is 5.56 Å². The van der Waals surface area contributed by atoms with E-state index in [1.54, 1.807) is 0 Å². The van der Waals surface area contributed by atoms with Gasteiger partial charge in [0, 0.05) is 12.3 Å². The molecule has 0 unspecified atom stereocenters. The number of nitrogens with zero attached hydrogens (tertiary/aromatic N) is 3. The number of carbonyl (C=O) groups is 1. The lowest BCUT2D eigenvalue weighted by Crippen LogP contribution is -2.05. The van der Waals surface area contributed by atoms with Crippen molar-refractivity contribution in [3.8, 4) is 5.69 Å². The molecule has 0 bridgehead atoms. The van der Waals surface area contributed by atoms with Crippen LogP contribution in [0.1, 0.15) is 10.4 Å². The third-order valence-electron chi connectivity index (χ3n) is 2.30. The second-order valence-corrected chi connectivity index (χ2v) is 3.46. The van der Waals surface area contributed by atoms with Gasteiger partial charge >= 0.3 is 5.97 Å². The molecule has 0 saturated heterocycles. The highest BCUT2D eigenvalue weighted by molar-refractivity contribution is 5.87. The highest BCUT2D eigenvalue weighted by atomic mass is 19.2. The lowest BCUT2D eigenvalue weighted by atomic mass is 10.2. The van der Waals surface area contributed by atoms with Crippen LogP contribution in [-0.4, -0.2) is 25.8 Å². The second kappa shape index (κ2) is 4.44. The highest BCUT2D eigenvalue weighted by Gasteiger charge is 2.24. The van der Waals surface area contributed by atoms with Crippen molar-refractivity contribution in [2.75, 3.05) is 0 Å². The molecule has 0 radical (unpaired) electrons. The number of aromatic carboxylic acids is 1. The molecule has 9 heteroatoms. The van der Waals surface area contributed by atoms with Gasteiger partial charge in [0.2, 0.25) is 0 Å². The molecule has 1 aromatic carbocycles. The summed E-state index contributed by atoms with van der Waals surface area (Å²) in [6.07, 6.45) is 1.73. The molecule has 0 amide bonds. The summed E-state index contributed by atoms with van der Waals surface area (Å²) in [5.74, 6) is -4.12. The van der Waals surface area contributed by atoms with Gasteiger partial charge in [0.25, 0.3) is 5.69 Å². The molecule has 0 aliphatic carbocycles. The molecule has 0 atom stereocenters. The van der Waals surface area contributed by atoms with Crippen molar-refractivity contribution in [1.29, 1.82) is 0 Å². The van der Waals surface area contributed by atoms with Gasteiger partial charge in [0.05, 0.1) is 16.7 Å². The minimum atomic E-state index is -1.48. The highest BCUT2D eigenvalue weighted by Crippen LogP contribution is 2.27. The van der Waals surface area contributed by atoms with Crippen LogP contribution >= 0.6 is 0 Å². The molecule has 1 aromatic heterocycles. The molecule has 0 fully saturated rings. The van der Waals surface area contributed by atoms with Gasteiger partial charge in [-0.1, -0.05) is 0 Å². The zero-order valence-corrected chi connectivity index (χ0v) is 9.08. The molecular weight excluding hydrogens is 264 g/mol. The summed E-state index contributed by atoms with van der Waals surface area (Å²) in [6.45, 7) is 0. The Kier molecular flexibility index (Phi) is 2.95. The van der Waals surface area contributed by atoms with E-state index in [1.165, 1.54) is 0 Å². The first-order chi connectivity index (χ1) is 8.91. The van der Waals surface area contributed by atoms with E-state index in [0.717, 1.165) is 18.5 Å². The van der Waals surface area contributed by atoms with Crippen LogP contribution in [-0.2, 0) is 0 Å². The summed E-state index contributed by atoms with van der Waals surface area (Å²) in [7, 11) is 0. The summed E-state index contributed by atoms with van der Waals surface area (Å²) in [5.41, 5.74) is -1.78. The molecule has 1 N–H and O–H groups in total. The molecule has 98 valence electrons. The molecule has 7 nitrogen and oxygen atoms in total. The van der Waals surface area contributed by atoms with E-state index in [9.17, 15) is 23.7 Å². The fourth-order valence-electron chi connectivity index (χ4n) is 1.45. The number of halogens is 2. The summed E-state index contributed by atoms with van der Waals surface area (Å²) in [6, 6.07) is 1.38. The zero-order chi connectivity index (χ0) is 14.2. The zero-order valence-electron chi connectivity index (χ0n) is 9.08. The van der Waals surface area contributed by atoms with E-state index < -0.39 is 33.9 Å². The van der Waals surface area contributed by atoms with E-state index >= 15 is 0 Å². The number of aromatic nitrogens is 2. The van der Waals surface area contributed by atoms with Crippen LogP contribution in [0.15, 0.2) is 24.5 Å². The smallest absolute Gasteiger partial charge is 0.338 e. The van der Waals surface area contributed by atoms with Crippen molar-refractivity contribution in [2.45, 2.75) is 0 Å². The van der Waals surface area contributed by atoms with Gasteiger partial charge in [0.15, 0.2) is 17.3 Å². The van der Waals surface area contributed by atoms with Gasteiger partial charge < -0.3 is 5.11 Å². The van der Waals surface area contributed by atoms with E-state index in [4.69, 9.17) is 5.11 Å². The maximum atomic E-state index is 13.6. The number of rotatable bonds is 3. The Morgan fingerprint density at radius 3 is 2.63 bits per heavy atom. The first-order valence-electron chi connectivity index (χ1n) is 4.82. The van der Waals surface area contributed by atoms with Crippen molar-refractivity contribution in [3.05, 3.63) is 51.8 Å². The van der Waals surface area contributed by atoms with Gasteiger partial charge in [-0.25, -0.2) is 18.3 Å². The first-order valence-corrected chi connectivity index (χ1v) is 4.82. The second-order valence-electron chi connectivity index (χ2n) is 3.46. The normalized spacial score (nSPS) is 10.4. The molecule has 0 spiro atoms. The predicted octanol–water partition coefficient (Wildman–Crippen LogP) is 1.76. The molecule has 19 heavy (non-hydrogen) atoms. The van der Waals surface area contributed by atoms with E-state index in [0.29, 0.717) is 10.7 Å². The van der Waals surface area contributed by atoms with E-state index in [1.807, 2.05) is 0 Å². The number of nitro groups is 1.